The third-order valence-corrected chi connectivity index (χ3v) is 6.98. The van der Waals surface area contributed by atoms with Crippen LogP contribution in [0, 0.1) is 22.3 Å². The van der Waals surface area contributed by atoms with Crippen LogP contribution in [0.3, 0.4) is 0 Å². The van der Waals surface area contributed by atoms with Crippen molar-refractivity contribution in [3.8, 4) is 11.8 Å². The van der Waals surface area contributed by atoms with Crippen LogP contribution in [0.2, 0.25) is 0 Å². The Bertz CT molecular complexity index is 1100. The smallest absolute Gasteiger partial charge is 0.308 e. The molecule has 1 saturated carbocycles. The van der Waals surface area contributed by atoms with Gasteiger partial charge in [0.25, 0.3) is 5.91 Å². The van der Waals surface area contributed by atoms with Crippen molar-refractivity contribution in [2.45, 2.75) is 52.0 Å². The number of carbonyl (C=O) groups excluding carboxylic acids is 2. The van der Waals surface area contributed by atoms with Crippen molar-refractivity contribution >= 4 is 45.9 Å². The Hall–Kier alpha value is -2.40. The van der Waals surface area contributed by atoms with Crippen molar-refractivity contribution in [1.82, 2.24) is 9.88 Å². The molecule has 0 unspecified atom stereocenters. The summed E-state index contributed by atoms with van der Waals surface area (Å²) in [5.74, 6) is 6.11. The van der Waals surface area contributed by atoms with Gasteiger partial charge in [0.05, 0.1) is 5.69 Å². The number of nitrogens with zero attached hydrogens (tertiary/aromatic N) is 3. The number of rotatable bonds is 3. The molecule has 30 heavy (non-hydrogen) atoms. The van der Waals surface area contributed by atoms with Crippen LogP contribution in [0.4, 0.5) is 11.5 Å². The van der Waals surface area contributed by atoms with E-state index in [-0.39, 0.29) is 11.8 Å². The highest BCUT2D eigenvalue weighted by Gasteiger charge is 2.31. The van der Waals surface area contributed by atoms with Gasteiger partial charge in [0.2, 0.25) is 0 Å². The second-order valence-electron chi connectivity index (χ2n) is 7.92. The van der Waals surface area contributed by atoms with Crippen LogP contribution in [0.25, 0.3) is 0 Å². The van der Waals surface area contributed by atoms with Gasteiger partial charge in [-0.2, -0.15) is 0 Å². The number of halogens is 1. The lowest BCUT2D eigenvalue weighted by Gasteiger charge is -2.32. The molecule has 5 nitrogen and oxygen atoms in total. The van der Waals surface area contributed by atoms with E-state index < -0.39 is 0 Å². The van der Waals surface area contributed by atoms with E-state index >= 15 is 0 Å². The van der Waals surface area contributed by atoms with E-state index in [1.165, 1.54) is 9.99 Å². The summed E-state index contributed by atoms with van der Waals surface area (Å²) < 4.78 is 1.18. The summed E-state index contributed by atoms with van der Waals surface area (Å²) >= 11 is 2.35. The van der Waals surface area contributed by atoms with Crippen molar-refractivity contribution < 1.29 is 9.59 Å². The number of hydrogen-bond donors (Lipinski definition) is 0. The van der Waals surface area contributed by atoms with Gasteiger partial charge >= 0.3 is 5.91 Å². The van der Waals surface area contributed by atoms with Crippen LogP contribution in [-0.2, 0) is 11.3 Å². The molecule has 4 rings (SSSR count). The van der Waals surface area contributed by atoms with E-state index in [2.05, 4.69) is 51.5 Å². The molecule has 2 heterocycles. The number of pyridine rings is 1. The third-order valence-electron chi connectivity index (χ3n) is 5.82. The van der Waals surface area contributed by atoms with Gasteiger partial charge in [-0.25, -0.2) is 4.98 Å². The van der Waals surface area contributed by atoms with E-state index in [1.807, 2.05) is 26.0 Å². The van der Waals surface area contributed by atoms with Gasteiger partial charge in [-0.05, 0) is 83.5 Å². The van der Waals surface area contributed by atoms with Crippen LogP contribution in [0.15, 0.2) is 24.3 Å². The van der Waals surface area contributed by atoms with Crippen LogP contribution in [-0.4, -0.2) is 28.7 Å². The molecule has 2 amide bonds. The molecule has 1 fully saturated rings. The second kappa shape index (κ2) is 8.38. The highest BCUT2D eigenvalue weighted by Crippen LogP contribution is 2.44. The number of benzene rings is 1. The number of aromatic nitrogens is 1. The predicted molar refractivity (Wildman–Crippen MR) is 126 cm³/mol. The van der Waals surface area contributed by atoms with E-state index in [4.69, 9.17) is 0 Å². The van der Waals surface area contributed by atoms with Crippen LogP contribution >= 0.6 is 22.6 Å². The molecule has 1 aromatic carbocycles. The van der Waals surface area contributed by atoms with Gasteiger partial charge < -0.3 is 4.90 Å². The van der Waals surface area contributed by atoms with Gasteiger partial charge in [0.15, 0.2) is 0 Å². The van der Waals surface area contributed by atoms with Crippen LogP contribution < -0.4 is 4.90 Å². The molecule has 0 spiro atoms. The topological polar surface area (TPSA) is 53.5 Å². The number of aryl methyl sites for hydroxylation is 1. The minimum atomic E-state index is -0.315. The van der Waals surface area contributed by atoms with E-state index in [1.54, 1.807) is 16.8 Å². The molecular weight excluding hydrogens is 489 g/mol. The molecule has 0 atom stereocenters. The Morgan fingerprint density at radius 2 is 2.10 bits per heavy atom. The maximum absolute atomic E-state index is 13.2. The monoisotopic (exact) mass is 513 g/mol. The number of carbonyl (C=O) groups is 2. The Balaban J connectivity index is 1.88. The summed E-state index contributed by atoms with van der Waals surface area (Å²) in [5, 5.41) is 0. The molecule has 2 aromatic rings. The van der Waals surface area contributed by atoms with Gasteiger partial charge in [0.1, 0.15) is 11.5 Å². The van der Waals surface area contributed by atoms with Crippen molar-refractivity contribution in [1.29, 1.82) is 0 Å². The first-order chi connectivity index (χ1) is 14.4. The van der Waals surface area contributed by atoms with Crippen LogP contribution in [0.5, 0.6) is 0 Å². The van der Waals surface area contributed by atoms with E-state index in [9.17, 15) is 9.59 Å². The average Bonchev–Trinajstić information content (AvgIpc) is 2.96. The average molecular weight is 513 g/mol. The largest absolute Gasteiger partial charge is 0.336 e. The second-order valence-corrected chi connectivity index (χ2v) is 9.08. The standard InChI is InChI=1S/C24H24IN3O2/c1-4-5-9-22(29)28(21-11-10-17-14-27(3)24(30)23(17)26-21)20-12-15(2)19(25)13-18(20)16-7-6-8-16/h10-13,16H,4,6-8,14H2,1-3H3. The fourth-order valence-corrected chi connectivity index (χ4v) is 4.39. The Kier molecular flexibility index (Phi) is 5.83. The zero-order valence-electron chi connectivity index (χ0n) is 17.5. The quantitative estimate of drug-likeness (QED) is 0.433. The third kappa shape index (κ3) is 3.71. The fraction of sp³-hybridized carbons (Fsp3) is 0.375. The lowest BCUT2D eigenvalue weighted by molar-refractivity contribution is -0.112. The summed E-state index contributed by atoms with van der Waals surface area (Å²) in [7, 11) is 1.76. The number of fused-ring (bicyclic) bond motifs is 1. The number of hydrogen-bond acceptors (Lipinski definition) is 3. The Morgan fingerprint density at radius 1 is 1.33 bits per heavy atom. The normalized spacial score (nSPS) is 15.3. The minimum absolute atomic E-state index is 0.114. The summed E-state index contributed by atoms with van der Waals surface area (Å²) in [6.45, 7) is 4.51. The van der Waals surface area contributed by atoms with Gasteiger partial charge in [-0.15, -0.1) is 0 Å². The highest BCUT2D eigenvalue weighted by molar-refractivity contribution is 14.1. The number of amides is 2. The van der Waals surface area contributed by atoms with E-state index in [0.717, 1.165) is 35.2 Å². The molecule has 6 heteroatoms. The SMILES string of the molecule is CCC#CC(=O)N(c1ccc2c(n1)C(=O)N(C)C2)c1cc(C)c(I)cc1C1CCC1. The fourth-order valence-electron chi connectivity index (χ4n) is 3.90. The predicted octanol–water partition coefficient (Wildman–Crippen LogP) is 4.93. The van der Waals surface area contributed by atoms with Crippen molar-refractivity contribution in [3.05, 3.63) is 50.2 Å². The molecule has 0 bridgehead atoms. The summed E-state index contributed by atoms with van der Waals surface area (Å²) in [6.07, 6.45) is 4.04. The molecule has 0 N–H and O–H groups in total. The summed E-state index contributed by atoms with van der Waals surface area (Å²) in [5.41, 5.74) is 4.40. The summed E-state index contributed by atoms with van der Waals surface area (Å²) in [4.78, 5) is 33.6. The zero-order valence-corrected chi connectivity index (χ0v) is 19.6. The zero-order chi connectivity index (χ0) is 21.4. The van der Waals surface area contributed by atoms with Crippen LogP contribution in [0.1, 0.15) is 65.7 Å². The molecule has 1 aliphatic carbocycles. The lowest BCUT2D eigenvalue weighted by Crippen LogP contribution is -2.28. The van der Waals surface area contributed by atoms with Crippen molar-refractivity contribution in [2.75, 3.05) is 11.9 Å². The number of anilines is 2. The molecule has 2 aliphatic rings. The van der Waals surface area contributed by atoms with Gasteiger partial charge in [-0.1, -0.05) is 25.3 Å². The maximum Gasteiger partial charge on any atom is 0.308 e. The van der Waals surface area contributed by atoms with Gasteiger partial charge in [-0.3, -0.25) is 14.5 Å². The molecule has 154 valence electrons. The molecule has 0 radical (unpaired) electrons. The van der Waals surface area contributed by atoms with Gasteiger partial charge in [0, 0.05) is 29.1 Å². The minimum Gasteiger partial charge on any atom is -0.336 e. The Labute approximate surface area is 191 Å². The lowest BCUT2D eigenvalue weighted by atomic mass is 9.79. The highest BCUT2D eigenvalue weighted by atomic mass is 127. The first-order valence-corrected chi connectivity index (χ1v) is 11.4. The molecule has 1 aromatic heterocycles. The molecular formula is C24H24IN3O2. The first kappa shape index (κ1) is 20.9. The van der Waals surface area contributed by atoms with E-state index in [0.29, 0.717) is 30.4 Å². The summed E-state index contributed by atoms with van der Waals surface area (Å²) in [6, 6.07) is 7.97. The Morgan fingerprint density at radius 3 is 2.77 bits per heavy atom. The molecule has 0 saturated heterocycles. The van der Waals surface area contributed by atoms with Crippen molar-refractivity contribution in [2.24, 2.45) is 0 Å². The molecule has 1 aliphatic heterocycles. The van der Waals surface area contributed by atoms with Crippen molar-refractivity contribution in [3.63, 3.8) is 0 Å². The maximum atomic E-state index is 13.2. The first-order valence-electron chi connectivity index (χ1n) is 10.3.